The fraction of sp³-hybridized carbons (Fsp3) is 0.333. The Bertz CT molecular complexity index is 318. The van der Waals surface area contributed by atoms with E-state index in [4.69, 9.17) is 11.6 Å². The summed E-state index contributed by atoms with van der Waals surface area (Å²) in [5.41, 5.74) is 0.385. The van der Waals surface area contributed by atoms with Gasteiger partial charge in [-0.1, -0.05) is 23.7 Å². The van der Waals surface area contributed by atoms with Crippen LogP contribution in [0.2, 0.25) is 5.02 Å². The molecule has 0 spiro atoms. The Labute approximate surface area is 95.0 Å². The summed E-state index contributed by atoms with van der Waals surface area (Å²) in [5.74, 6) is -0.312. The molecule has 0 saturated heterocycles. The van der Waals surface area contributed by atoms with Crippen molar-refractivity contribution in [2.24, 2.45) is 0 Å². The summed E-state index contributed by atoms with van der Waals surface area (Å²) in [6.07, 6.45) is 3.66. The zero-order valence-electron chi connectivity index (χ0n) is 8.76. The minimum Gasteiger partial charge on any atom is -0.379 e. The van der Waals surface area contributed by atoms with Crippen molar-refractivity contribution in [3.05, 3.63) is 41.7 Å². The molecule has 1 aromatic rings. The summed E-state index contributed by atoms with van der Waals surface area (Å²) >= 11 is 5.88. The molecule has 1 rings (SSSR count). The monoisotopic (exact) mass is 227 g/mol. The van der Waals surface area contributed by atoms with Gasteiger partial charge in [0.25, 0.3) is 0 Å². The summed E-state index contributed by atoms with van der Waals surface area (Å²) in [7, 11) is 0. The number of halogens is 2. The predicted molar refractivity (Wildman–Crippen MR) is 63.9 cm³/mol. The molecule has 0 fully saturated rings. The molecule has 0 saturated carbocycles. The maximum absolute atomic E-state index is 13.4. The highest BCUT2D eigenvalue weighted by atomic mass is 35.5. The number of rotatable bonds is 5. The molecule has 82 valence electrons. The first kappa shape index (κ1) is 12.1. The number of nitrogens with one attached hydrogen (secondary N) is 1. The van der Waals surface area contributed by atoms with Crippen molar-refractivity contribution >= 4 is 17.3 Å². The van der Waals surface area contributed by atoms with Crippen molar-refractivity contribution in [2.75, 3.05) is 5.32 Å². The average molecular weight is 228 g/mol. The number of allylic oxidation sites excluding steroid dienone is 1. The van der Waals surface area contributed by atoms with Crippen LogP contribution in [0.4, 0.5) is 10.1 Å². The summed E-state index contributed by atoms with van der Waals surface area (Å²) < 4.78 is 13.4. The Kier molecular flexibility index (Phi) is 4.63. The van der Waals surface area contributed by atoms with E-state index in [1.54, 1.807) is 12.1 Å². The summed E-state index contributed by atoms with van der Waals surface area (Å²) in [6.45, 7) is 5.64. The Hall–Kier alpha value is -1.02. The topological polar surface area (TPSA) is 12.0 Å². The van der Waals surface area contributed by atoms with Crippen molar-refractivity contribution in [2.45, 2.75) is 25.8 Å². The van der Waals surface area contributed by atoms with E-state index in [9.17, 15) is 4.39 Å². The molecule has 0 bridgehead atoms. The number of benzene rings is 1. The summed E-state index contributed by atoms with van der Waals surface area (Å²) in [4.78, 5) is 0. The number of anilines is 1. The molecule has 0 aromatic heterocycles. The second kappa shape index (κ2) is 5.76. The lowest BCUT2D eigenvalue weighted by Gasteiger charge is -2.15. The van der Waals surface area contributed by atoms with Crippen LogP contribution >= 0.6 is 11.6 Å². The zero-order valence-corrected chi connectivity index (χ0v) is 9.52. The molecule has 1 unspecified atom stereocenters. The van der Waals surface area contributed by atoms with Gasteiger partial charge >= 0.3 is 0 Å². The highest BCUT2D eigenvalue weighted by Crippen LogP contribution is 2.25. The minimum absolute atomic E-state index is 0.178. The molecule has 0 aliphatic carbocycles. The van der Waals surface area contributed by atoms with E-state index in [1.807, 2.05) is 13.0 Å². The van der Waals surface area contributed by atoms with Gasteiger partial charge in [-0.2, -0.15) is 0 Å². The van der Waals surface area contributed by atoms with Crippen LogP contribution in [0, 0.1) is 5.82 Å². The van der Waals surface area contributed by atoms with E-state index >= 15 is 0 Å². The largest absolute Gasteiger partial charge is 0.379 e. The zero-order chi connectivity index (χ0) is 11.3. The van der Waals surface area contributed by atoms with Crippen molar-refractivity contribution in [3.8, 4) is 0 Å². The van der Waals surface area contributed by atoms with Crippen LogP contribution in [0.3, 0.4) is 0 Å². The lowest BCUT2D eigenvalue weighted by atomic mass is 10.1. The first-order valence-electron chi connectivity index (χ1n) is 4.96. The van der Waals surface area contributed by atoms with Crippen LogP contribution in [-0.4, -0.2) is 6.04 Å². The number of hydrogen-bond donors (Lipinski definition) is 1. The van der Waals surface area contributed by atoms with Gasteiger partial charge in [0, 0.05) is 6.04 Å². The molecular weight excluding hydrogens is 213 g/mol. The van der Waals surface area contributed by atoms with Crippen LogP contribution in [0.1, 0.15) is 19.8 Å². The Morgan fingerprint density at radius 1 is 1.60 bits per heavy atom. The van der Waals surface area contributed by atoms with E-state index in [0.29, 0.717) is 10.7 Å². The second-order valence-corrected chi connectivity index (χ2v) is 3.92. The van der Waals surface area contributed by atoms with Crippen LogP contribution in [-0.2, 0) is 0 Å². The highest BCUT2D eigenvalue weighted by molar-refractivity contribution is 6.33. The third-order valence-electron chi connectivity index (χ3n) is 2.16. The van der Waals surface area contributed by atoms with Gasteiger partial charge in [0.15, 0.2) is 0 Å². The molecule has 0 aliphatic rings. The van der Waals surface area contributed by atoms with Gasteiger partial charge in [0.05, 0.1) is 10.7 Å². The van der Waals surface area contributed by atoms with Crippen molar-refractivity contribution in [1.29, 1.82) is 0 Å². The quantitative estimate of drug-likeness (QED) is 0.742. The molecular formula is C12H15ClFN. The van der Waals surface area contributed by atoms with E-state index in [1.165, 1.54) is 6.07 Å². The van der Waals surface area contributed by atoms with Gasteiger partial charge in [-0.25, -0.2) is 4.39 Å². The molecule has 1 aromatic carbocycles. The van der Waals surface area contributed by atoms with E-state index in [2.05, 4.69) is 11.9 Å². The molecule has 0 heterocycles. The molecule has 1 nitrogen and oxygen atoms in total. The first-order chi connectivity index (χ1) is 7.15. The Morgan fingerprint density at radius 3 is 2.93 bits per heavy atom. The van der Waals surface area contributed by atoms with Gasteiger partial charge in [-0.15, -0.1) is 6.58 Å². The Morgan fingerprint density at radius 2 is 2.33 bits per heavy atom. The third kappa shape index (κ3) is 3.56. The van der Waals surface area contributed by atoms with Crippen LogP contribution < -0.4 is 5.32 Å². The SMILES string of the molecule is C=CCCC(C)Nc1c(F)cccc1Cl. The predicted octanol–water partition coefficient (Wildman–Crippen LogP) is 4.25. The number of hydrogen-bond acceptors (Lipinski definition) is 1. The smallest absolute Gasteiger partial charge is 0.147 e. The molecule has 0 amide bonds. The summed E-state index contributed by atoms with van der Waals surface area (Å²) in [6, 6.07) is 4.84. The minimum atomic E-state index is -0.312. The fourth-order valence-electron chi connectivity index (χ4n) is 1.32. The first-order valence-corrected chi connectivity index (χ1v) is 5.34. The van der Waals surface area contributed by atoms with E-state index in [0.717, 1.165) is 12.8 Å². The van der Waals surface area contributed by atoms with Crippen LogP contribution in [0.25, 0.3) is 0 Å². The van der Waals surface area contributed by atoms with Crippen molar-refractivity contribution in [3.63, 3.8) is 0 Å². The molecule has 3 heteroatoms. The van der Waals surface area contributed by atoms with Gasteiger partial charge in [-0.3, -0.25) is 0 Å². The van der Waals surface area contributed by atoms with Gasteiger partial charge < -0.3 is 5.32 Å². The van der Waals surface area contributed by atoms with Gasteiger partial charge in [0.1, 0.15) is 5.82 Å². The van der Waals surface area contributed by atoms with E-state index < -0.39 is 0 Å². The maximum atomic E-state index is 13.4. The number of para-hydroxylation sites is 1. The van der Waals surface area contributed by atoms with Crippen LogP contribution in [0.15, 0.2) is 30.9 Å². The molecule has 1 atom stereocenters. The summed E-state index contributed by atoms with van der Waals surface area (Å²) in [5, 5.41) is 3.48. The molecule has 0 radical (unpaired) electrons. The maximum Gasteiger partial charge on any atom is 0.147 e. The Balaban J connectivity index is 2.67. The second-order valence-electron chi connectivity index (χ2n) is 3.51. The lowest BCUT2D eigenvalue weighted by molar-refractivity contribution is 0.623. The third-order valence-corrected chi connectivity index (χ3v) is 2.47. The standard InChI is InChI=1S/C12H15ClFN/c1-3-4-6-9(2)15-12-10(13)7-5-8-11(12)14/h3,5,7-9,15H,1,4,6H2,2H3. The fourth-order valence-corrected chi connectivity index (χ4v) is 1.54. The van der Waals surface area contributed by atoms with Gasteiger partial charge in [-0.05, 0) is 31.9 Å². The normalized spacial score (nSPS) is 12.2. The molecule has 0 aliphatic heterocycles. The van der Waals surface area contributed by atoms with Crippen molar-refractivity contribution in [1.82, 2.24) is 0 Å². The lowest BCUT2D eigenvalue weighted by Crippen LogP contribution is -2.15. The average Bonchev–Trinajstić information content (AvgIpc) is 2.21. The highest BCUT2D eigenvalue weighted by Gasteiger charge is 2.09. The van der Waals surface area contributed by atoms with Crippen LogP contribution in [0.5, 0.6) is 0 Å². The van der Waals surface area contributed by atoms with Gasteiger partial charge in [0.2, 0.25) is 0 Å². The molecule has 15 heavy (non-hydrogen) atoms. The van der Waals surface area contributed by atoms with Crippen molar-refractivity contribution < 1.29 is 4.39 Å². The van der Waals surface area contributed by atoms with E-state index in [-0.39, 0.29) is 11.9 Å². The molecule has 1 N–H and O–H groups in total.